The highest BCUT2D eigenvalue weighted by Gasteiger charge is 2.27. The third-order valence-electron chi connectivity index (χ3n) is 5.82. The Hall–Kier alpha value is -3.74. The summed E-state index contributed by atoms with van der Waals surface area (Å²) in [4.78, 5) is 23.9. The van der Waals surface area contributed by atoms with E-state index in [0.29, 0.717) is 5.78 Å². The average Bonchev–Trinajstić information content (AvgIpc) is 3.28. The zero-order valence-corrected chi connectivity index (χ0v) is 17.4. The van der Waals surface area contributed by atoms with Crippen molar-refractivity contribution in [2.45, 2.75) is 19.8 Å². The number of para-hydroxylation sites is 1. The number of rotatable bonds is 4. The monoisotopic (exact) mass is 412 g/mol. The molecule has 4 aromatic rings. The number of fused-ring (bicyclic) bond motifs is 1. The third kappa shape index (κ3) is 3.86. The molecule has 3 heterocycles. The van der Waals surface area contributed by atoms with Crippen LogP contribution in [0.25, 0.3) is 16.9 Å². The number of carbonyl (C=O) groups excluding carboxylic acids is 1. The first-order valence-electron chi connectivity index (χ1n) is 10.6. The van der Waals surface area contributed by atoms with Crippen molar-refractivity contribution >= 4 is 23.2 Å². The Balaban J connectivity index is 1.29. The van der Waals surface area contributed by atoms with Gasteiger partial charge in [-0.2, -0.15) is 14.6 Å². The van der Waals surface area contributed by atoms with E-state index in [-0.39, 0.29) is 11.8 Å². The summed E-state index contributed by atoms with van der Waals surface area (Å²) in [5, 5.41) is 7.48. The molecule has 0 radical (unpaired) electrons. The summed E-state index contributed by atoms with van der Waals surface area (Å²) in [6.45, 7) is 3.54. The summed E-state index contributed by atoms with van der Waals surface area (Å²) in [7, 11) is 0. The third-order valence-corrected chi connectivity index (χ3v) is 5.82. The lowest BCUT2D eigenvalue weighted by atomic mass is 9.95. The van der Waals surface area contributed by atoms with Crippen molar-refractivity contribution < 1.29 is 4.79 Å². The maximum Gasteiger partial charge on any atom is 0.254 e. The fourth-order valence-electron chi connectivity index (χ4n) is 4.20. The zero-order valence-electron chi connectivity index (χ0n) is 17.4. The molecule has 0 bridgehead atoms. The lowest BCUT2D eigenvalue weighted by Crippen LogP contribution is -2.39. The molecule has 1 aliphatic rings. The summed E-state index contributed by atoms with van der Waals surface area (Å²) < 4.78 is 1.77. The fraction of sp³-hybridized carbons (Fsp3) is 0.250. The van der Waals surface area contributed by atoms with Gasteiger partial charge in [-0.15, -0.1) is 0 Å². The molecule has 1 amide bonds. The predicted octanol–water partition coefficient (Wildman–Crippen LogP) is 3.95. The molecule has 0 unspecified atom stereocenters. The van der Waals surface area contributed by atoms with Crippen molar-refractivity contribution in [2.24, 2.45) is 5.92 Å². The van der Waals surface area contributed by atoms with Crippen LogP contribution in [-0.4, -0.2) is 38.6 Å². The van der Waals surface area contributed by atoms with E-state index in [1.807, 2.05) is 55.5 Å². The molecular formula is C24H24N6O. The molecule has 2 aromatic heterocycles. The number of carbonyl (C=O) groups is 1. The minimum Gasteiger partial charge on any atom is -0.356 e. The van der Waals surface area contributed by atoms with E-state index < -0.39 is 0 Å². The number of anilines is 2. The second-order valence-corrected chi connectivity index (χ2v) is 7.89. The molecule has 0 atom stereocenters. The first-order valence-corrected chi connectivity index (χ1v) is 10.6. The Morgan fingerprint density at radius 2 is 1.77 bits per heavy atom. The van der Waals surface area contributed by atoms with Gasteiger partial charge in [0, 0.05) is 42.0 Å². The molecule has 0 spiro atoms. The Morgan fingerprint density at radius 1 is 1.03 bits per heavy atom. The topological polar surface area (TPSA) is 75.4 Å². The van der Waals surface area contributed by atoms with Crippen molar-refractivity contribution in [2.75, 3.05) is 23.3 Å². The van der Waals surface area contributed by atoms with Gasteiger partial charge in [0.25, 0.3) is 5.78 Å². The lowest BCUT2D eigenvalue weighted by Gasteiger charge is -2.33. The molecule has 7 heteroatoms. The van der Waals surface area contributed by atoms with E-state index in [2.05, 4.69) is 37.4 Å². The summed E-state index contributed by atoms with van der Waals surface area (Å²) in [5.41, 5.74) is 3.90. The zero-order chi connectivity index (χ0) is 21.2. The van der Waals surface area contributed by atoms with E-state index in [1.54, 1.807) is 4.52 Å². The van der Waals surface area contributed by atoms with Gasteiger partial charge in [-0.05, 0) is 31.4 Å². The van der Waals surface area contributed by atoms with E-state index >= 15 is 0 Å². The molecule has 2 aromatic carbocycles. The number of hydrogen-bond donors (Lipinski definition) is 1. The molecule has 1 N–H and O–H groups in total. The second-order valence-electron chi connectivity index (χ2n) is 7.89. The highest BCUT2D eigenvalue weighted by molar-refractivity contribution is 5.96. The van der Waals surface area contributed by atoms with Crippen LogP contribution in [0.3, 0.4) is 0 Å². The van der Waals surface area contributed by atoms with Gasteiger partial charge < -0.3 is 10.2 Å². The summed E-state index contributed by atoms with van der Waals surface area (Å²) >= 11 is 0. The number of piperidine rings is 1. The highest BCUT2D eigenvalue weighted by atomic mass is 16.1. The van der Waals surface area contributed by atoms with Crippen LogP contribution in [0.15, 0.2) is 67.0 Å². The number of benzene rings is 2. The predicted molar refractivity (Wildman–Crippen MR) is 121 cm³/mol. The second kappa shape index (κ2) is 8.18. The number of nitrogens with zero attached hydrogens (tertiary/aromatic N) is 5. The smallest absolute Gasteiger partial charge is 0.254 e. The summed E-state index contributed by atoms with van der Waals surface area (Å²) in [5.74, 6) is 1.65. The molecule has 156 valence electrons. The van der Waals surface area contributed by atoms with Crippen LogP contribution >= 0.6 is 0 Å². The van der Waals surface area contributed by atoms with Crippen molar-refractivity contribution in [1.82, 2.24) is 19.6 Å². The van der Waals surface area contributed by atoms with Crippen molar-refractivity contribution in [3.05, 3.63) is 72.7 Å². The van der Waals surface area contributed by atoms with Crippen LogP contribution in [-0.2, 0) is 4.79 Å². The maximum atomic E-state index is 13.1. The van der Waals surface area contributed by atoms with Gasteiger partial charge >= 0.3 is 0 Å². The number of aryl methyl sites for hydroxylation is 1. The number of aromatic nitrogens is 4. The fourth-order valence-corrected chi connectivity index (χ4v) is 4.20. The SMILES string of the molecule is Cc1cc(N2CCC(C(=O)Nc3ccccc3-c3ccccc3)CC2)n2ncnc2n1. The van der Waals surface area contributed by atoms with Gasteiger partial charge in [-0.1, -0.05) is 48.5 Å². The molecular weight excluding hydrogens is 388 g/mol. The van der Waals surface area contributed by atoms with Crippen molar-refractivity contribution in [3.8, 4) is 11.1 Å². The minimum atomic E-state index is -0.0192. The van der Waals surface area contributed by atoms with E-state index in [4.69, 9.17) is 0 Å². The first-order chi connectivity index (χ1) is 15.2. The number of nitrogens with one attached hydrogen (secondary N) is 1. The Morgan fingerprint density at radius 3 is 2.58 bits per heavy atom. The molecule has 7 nitrogen and oxygen atoms in total. The van der Waals surface area contributed by atoms with Crippen LogP contribution in [0.1, 0.15) is 18.5 Å². The van der Waals surface area contributed by atoms with Gasteiger partial charge in [0.2, 0.25) is 5.91 Å². The highest BCUT2D eigenvalue weighted by Crippen LogP contribution is 2.29. The molecule has 1 saturated heterocycles. The molecule has 31 heavy (non-hydrogen) atoms. The number of amides is 1. The molecule has 0 saturated carbocycles. The molecule has 0 aliphatic carbocycles. The average molecular weight is 412 g/mol. The minimum absolute atomic E-state index is 0.0192. The Bertz CT molecular complexity index is 1210. The standard InChI is InChI=1S/C24H24N6O/c1-17-15-22(30-24(27-17)25-16-26-30)29-13-11-19(12-14-29)23(31)28-21-10-6-5-9-20(21)18-7-3-2-4-8-18/h2-10,15-16,19H,11-14H2,1H3,(H,28,31). The van der Waals surface area contributed by atoms with E-state index in [1.165, 1.54) is 6.33 Å². The first kappa shape index (κ1) is 19.2. The van der Waals surface area contributed by atoms with Gasteiger partial charge in [-0.3, -0.25) is 4.79 Å². The van der Waals surface area contributed by atoms with Crippen LogP contribution in [0.5, 0.6) is 0 Å². The molecule has 5 rings (SSSR count). The Labute approximate surface area is 180 Å². The van der Waals surface area contributed by atoms with Gasteiger partial charge in [-0.25, -0.2) is 4.98 Å². The van der Waals surface area contributed by atoms with E-state index in [9.17, 15) is 4.79 Å². The molecule has 1 aliphatic heterocycles. The lowest BCUT2D eigenvalue weighted by molar-refractivity contribution is -0.120. The van der Waals surface area contributed by atoms with Crippen LogP contribution in [0.2, 0.25) is 0 Å². The van der Waals surface area contributed by atoms with Crippen LogP contribution < -0.4 is 10.2 Å². The van der Waals surface area contributed by atoms with Gasteiger partial charge in [0.05, 0.1) is 0 Å². The largest absolute Gasteiger partial charge is 0.356 e. The maximum absolute atomic E-state index is 13.1. The summed E-state index contributed by atoms with van der Waals surface area (Å²) in [6.07, 6.45) is 3.10. The summed E-state index contributed by atoms with van der Waals surface area (Å²) in [6, 6.07) is 20.1. The Kier molecular flexibility index (Phi) is 5.08. The van der Waals surface area contributed by atoms with Crippen LogP contribution in [0, 0.1) is 12.8 Å². The number of hydrogen-bond acceptors (Lipinski definition) is 5. The van der Waals surface area contributed by atoms with E-state index in [0.717, 1.165) is 54.3 Å². The van der Waals surface area contributed by atoms with Gasteiger partial charge in [0.1, 0.15) is 12.1 Å². The van der Waals surface area contributed by atoms with Gasteiger partial charge in [0.15, 0.2) is 0 Å². The van der Waals surface area contributed by atoms with Crippen LogP contribution in [0.4, 0.5) is 11.5 Å². The molecule has 1 fully saturated rings. The van der Waals surface area contributed by atoms with Crippen molar-refractivity contribution in [3.63, 3.8) is 0 Å². The quantitative estimate of drug-likeness (QED) is 0.549. The van der Waals surface area contributed by atoms with Crippen molar-refractivity contribution in [1.29, 1.82) is 0 Å². The normalized spacial score (nSPS) is 14.7.